The van der Waals surface area contributed by atoms with Crippen LogP contribution >= 0.6 is 23.1 Å². The highest BCUT2D eigenvalue weighted by Gasteiger charge is 2.26. The van der Waals surface area contributed by atoms with Gasteiger partial charge in [-0.1, -0.05) is 17.8 Å². The first kappa shape index (κ1) is 15.3. The number of aromatic nitrogens is 2. The van der Waals surface area contributed by atoms with Crippen LogP contribution in [0.2, 0.25) is 0 Å². The number of amides is 1. The number of aryl methyl sites for hydroxylation is 1. The Kier molecular flexibility index (Phi) is 4.63. The lowest BCUT2D eigenvalue weighted by molar-refractivity contribution is -0.124. The number of hydrogen-bond acceptors (Lipinski definition) is 5. The van der Waals surface area contributed by atoms with Gasteiger partial charge in [0.05, 0.1) is 5.92 Å². The molecule has 1 amide bonds. The third-order valence-corrected chi connectivity index (χ3v) is 5.71. The third kappa shape index (κ3) is 3.25. The molecule has 3 heterocycles. The summed E-state index contributed by atoms with van der Waals surface area (Å²) >= 11 is 3.17. The van der Waals surface area contributed by atoms with Crippen LogP contribution in [0.15, 0.2) is 33.7 Å². The van der Waals surface area contributed by atoms with Gasteiger partial charge in [0, 0.05) is 35.5 Å². The zero-order valence-corrected chi connectivity index (χ0v) is 13.9. The van der Waals surface area contributed by atoms with Crippen LogP contribution in [0.3, 0.4) is 0 Å². The third-order valence-electron chi connectivity index (χ3n) is 3.62. The molecule has 2 aromatic rings. The first-order valence-electron chi connectivity index (χ1n) is 7.14. The van der Waals surface area contributed by atoms with E-state index in [1.165, 1.54) is 16.6 Å². The van der Waals surface area contributed by atoms with Gasteiger partial charge in [-0.3, -0.25) is 14.2 Å². The number of carbonyl (C=O) groups is 1. The van der Waals surface area contributed by atoms with Crippen molar-refractivity contribution in [2.24, 2.45) is 5.92 Å². The van der Waals surface area contributed by atoms with E-state index >= 15 is 0 Å². The van der Waals surface area contributed by atoms with Gasteiger partial charge in [-0.15, -0.1) is 11.3 Å². The van der Waals surface area contributed by atoms with Crippen LogP contribution in [-0.4, -0.2) is 27.8 Å². The first-order valence-corrected chi connectivity index (χ1v) is 9.01. The lowest BCUT2D eigenvalue weighted by Crippen LogP contribution is -2.40. The highest BCUT2D eigenvalue weighted by molar-refractivity contribution is 7.99. The Labute approximate surface area is 136 Å². The number of carbonyl (C=O) groups excluding carboxylic acids is 1. The predicted octanol–water partition coefficient (Wildman–Crippen LogP) is 1.69. The fraction of sp³-hybridized carbons (Fsp3) is 0.400. The lowest BCUT2D eigenvalue weighted by Gasteiger charge is -2.24. The molecular formula is C15H17N3O2S2. The molecule has 0 radical (unpaired) electrons. The smallest absolute Gasteiger partial charge is 0.257 e. The van der Waals surface area contributed by atoms with E-state index in [4.69, 9.17) is 0 Å². The van der Waals surface area contributed by atoms with Gasteiger partial charge in [0.1, 0.15) is 0 Å². The van der Waals surface area contributed by atoms with Gasteiger partial charge < -0.3 is 5.32 Å². The number of thiophene rings is 1. The molecule has 116 valence electrons. The quantitative estimate of drug-likeness (QED) is 0.864. The molecule has 1 N–H and O–H groups in total. The molecule has 0 bridgehead atoms. The molecule has 3 rings (SSSR count). The summed E-state index contributed by atoms with van der Waals surface area (Å²) in [4.78, 5) is 29.9. The summed E-state index contributed by atoms with van der Waals surface area (Å²) in [7, 11) is 0. The molecule has 0 saturated carbocycles. The van der Waals surface area contributed by atoms with E-state index in [9.17, 15) is 9.59 Å². The van der Waals surface area contributed by atoms with Crippen molar-refractivity contribution >= 4 is 29.0 Å². The Bertz CT molecular complexity index is 725. The highest BCUT2D eigenvalue weighted by Crippen LogP contribution is 2.24. The van der Waals surface area contributed by atoms with E-state index in [-0.39, 0.29) is 17.4 Å². The molecular weight excluding hydrogens is 318 g/mol. The molecule has 22 heavy (non-hydrogen) atoms. The first-order chi connectivity index (χ1) is 10.6. The van der Waals surface area contributed by atoms with Crippen LogP contribution in [0.4, 0.5) is 0 Å². The number of nitrogens with zero attached hydrogens (tertiary/aromatic N) is 2. The van der Waals surface area contributed by atoms with Crippen LogP contribution in [0, 0.1) is 12.8 Å². The monoisotopic (exact) mass is 335 g/mol. The van der Waals surface area contributed by atoms with Crippen LogP contribution in [0.25, 0.3) is 0 Å². The summed E-state index contributed by atoms with van der Waals surface area (Å²) in [5, 5.41) is 5.72. The predicted molar refractivity (Wildman–Crippen MR) is 88.5 cm³/mol. The SMILES string of the molecule is Cc1cnc2n(c1=O)CC(C(=O)NCCc1cccs1)CS2. The fourth-order valence-corrected chi connectivity index (χ4v) is 4.12. The van der Waals surface area contributed by atoms with Crippen LogP contribution < -0.4 is 10.9 Å². The molecule has 0 fully saturated rings. The molecule has 1 atom stereocenters. The van der Waals surface area contributed by atoms with Crippen LogP contribution in [0.1, 0.15) is 10.4 Å². The molecule has 0 spiro atoms. The van der Waals surface area contributed by atoms with Gasteiger partial charge in [-0.25, -0.2) is 4.98 Å². The largest absolute Gasteiger partial charge is 0.355 e. The van der Waals surface area contributed by atoms with Gasteiger partial charge >= 0.3 is 0 Å². The number of hydrogen-bond donors (Lipinski definition) is 1. The summed E-state index contributed by atoms with van der Waals surface area (Å²) in [6.07, 6.45) is 2.45. The second kappa shape index (κ2) is 6.66. The van der Waals surface area contributed by atoms with Crippen molar-refractivity contribution in [3.05, 3.63) is 44.5 Å². The van der Waals surface area contributed by atoms with Crippen molar-refractivity contribution in [2.45, 2.75) is 25.0 Å². The second-order valence-electron chi connectivity index (χ2n) is 5.27. The van der Waals surface area contributed by atoms with Gasteiger partial charge in [0.25, 0.3) is 5.56 Å². The zero-order valence-electron chi connectivity index (χ0n) is 12.2. The molecule has 7 heteroatoms. The van der Waals surface area contributed by atoms with Crippen LogP contribution in [0.5, 0.6) is 0 Å². The molecule has 2 aromatic heterocycles. The summed E-state index contributed by atoms with van der Waals surface area (Å²) in [6.45, 7) is 2.80. The van der Waals surface area contributed by atoms with Crippen molar-refractivity contribution in [1.82, 2.24) is 14.9 Å². The minimum atomic E-state index is -0.179. The summed E-state index contributed by atoms with van der Waals surface area (Å²) < 4.78 is 1.62. The number of nitrogens with one attached hydrogen (secondary N) is 1. The van der Waals surface area contributed by atoms with Gasteiger partial charge in [-0.05, 0) is 24.8 Å². The standard InChI is InChI=1S/C15H17N3O2S2/c1-10-7-17-15-18(14(10)20)8-11(9-22-15)13(19)16-5-4-12-3-2-6-21-12/h2-3,6-7,11H,4-5,8-9H2,1H3,(H,16,19). The van der Waals surface area contributed by atoms with E-state index < -0.39 is 0 Å². The summed E-state index contributed by atoms with van der Waals surface area (Å²) in [6, 6.07) is 4.08. The average molecular weight is 335 g/mol. The second-order valence-corrected chi connectivity index (χ2v) is 7.29. The van der Waals surface area contributed by atoms with Crippen molar-refractivity contribution in [3.63, 3.8) is 0 Å². The van der Waals surface area contributed by atoms with E-state index in [2.05, 4.69) is 16.4 Å². The molecule has 1 aliphatic heterocycles. The minimum Gasteiger partial charge on any atom is -0.355 e. The number of thioether (sulfide) groups is 1. The van der Waals surface area contributed by atoms with E-state index in [1.54, 1.807) is 29.0 Å². The maximum atomic E-state index is 12.3. The maximum absolute atomic E-state index is 12.3. The van der Waals surface area contributed by atoms with Gasteiger partial charge in [0.2, 0.25) is 5.91 Å². The van der Waals surface area contributed by atoms with Gasteiger partial charge in [0.15, 0.2) is 5.16 Å². The molecule has 1 unspecified atom stereocenters. The number of fused-ring (bicyclic) bond motifs is 1. The van der Waals surface area contributed by atoms with E-state index in [0.717, 1.165) is 6.42 Å². The molecule has 0 aliphatic carbocycles. The van der Waals surface area contributed by atoms with Crippen molar-refractivity contribution < 1.29 is 4.79 Å². The fourth-order valence-electron chi connectivity index (χ4n) is 2.37. The van der Waals surface area contributed by atoms with E-state index in [1.807, 2.05) is 11.4 Å². The van der Waals surface area contributed by atoms with Crippen molar-refractivity contribution in [3.8, 4) is 0 Å². The van der Waals surface area contributed by atoms with E-state index in [0.29, 0.717) is 29.6 Å². The zero-order chi connectivity index (χ0) is 15.5. The Morgan fingerprint density at radius 2 is 2.41 bits per heavy atom. The number of rotatable bonds is 4. The Morgan fingerprint density at radius 3 is 3.18 bits per heavy atom. The molecule has 0 aromatic carbocycles. The summed E-state index contributed by atoms with van der Waals surface area (Å²) in [5.41, 5.74) is 0.566. The van der Waals surface area contributed by atoms with Gasteiger partial charge in [-0.2, -0.15) is 0 Å². The maximum Gasteiger partial charge on any atom is 0.257 e. The lowest BCUT2D eigenvalue weighted by atomic mass is 10.1. The normalized spacial score (nSPS) is 17.0. The average Bonchev–Trinajstić information content (AvgIpc) is 3.04. The summed E-state index contributed by atoms with van der Waals surface area (Å²) in [5.74, 6) is 0.505. The molecule has 0 saturated heterocycles. The Hall–Kier alpha value is -1.60. The van der Waals surface area contributed by atoms with Crippen molar-refractivity contribution in [1.29, 1.82) is 0 Å². The Balaban J connectivity index is 1.60. The van der Waals surface area contributed by atoms with Crippen molar-refractivity contribution in [2.75, 3.05) is 12.3 Å². The molecule has 5 nitrogen and oxygen atoms in total. The minimum absolute atomic E-state index is 0.0168. The topological polar surface area (TPSA) is 64.0 Å². The Morgan fingerprint density at radius 1 is 1.55 bits per heavy atom. The highest BCUT2D eigenvalue weighted by atomic mass is 32.2. The molecule has 1 aliphatic rings. The van der Waals surface area contributed by atoms with Crippen LogP contribution in [-0.2, 0) is 17.8 Å².